The lowest BCUT2D eigenvalue weighted by molar-refractivity contribution is -0.158. The van der Waals surface area contributed by atoms with Crippen molar-refractivity contribution in [3.8, 4) is 0 Å². The van der Waals surface area contributed by atoms with Crippen molar-refractivity contribution in [3.63, 3.8) is 0 Å². The molecule has 2 aromatic carbocycles. The molecule has 0 heterocycles. The van der Waals surface area contributed by atoms with Gasteiger partial charge in [-0.25, -0.2) is 14.4 Å². The molecule has 36 heavy (non-hydrogen) atoms. The largest absolute Gasteiger partial charge is 0.459 e. The van der Waals surface area contributed by atoms with E-state index in [1.807, 2.05) is 36.4 Å². The van der Waals surface area contributed by atoms with Gasteiger partial charge in [0.1, 0.15) is 30.9 Å². The van der Waals surface area contributed by atoms with Gasteiger partial charge < -0.3 is 24.8 Å². The van der Waals surface area contributed by atoms with Crippen LogP contribution >= 0.6 is 0 Å². The van der Waals surface area contributed by atoms with Crippen LogP contribution in [0.3, 0.4) is 0 Å². The first-order valence-corrected chi connectivity index (χ1v) is 11.7. The molecule has 2 atom stereocenters. The Bertz CT molecular complexity index is 1000. The summed E-state index contributed by atoms with van der Waals surface area (Å²) in [5.74, 6) is -1.76. The van der Waals surface area contributed by atoms with Gasteiger partial charge >= 0.3 is 18.0 Å². The van der Waals surface area contributed by atoms with Gasteiger partial charge in [-0.2, -0.15) is 0 Å². The molecule has 0 spiro atoms. The lowest BCUT2D eigenvalue weighted by Crippen LogP contribution is -2.45. The Morgan fingerprint density at radius 1 is 0.778 bits per heavy atom. The average Bonchev–Trinajstić information content (AvgIpc) is 2.84. The summed E-state index contributed by atoms with van der Waals surface area (Å²) in [5, 5.41) is 5.02. The lowest BCUT2D eigenvalue weighted by atomic mass is 10.1. The number of amides is 2. The number of ether oxygens (including phenoxy) is 3. The Morgan fingerprint density at radius 2 is 1.31 bits per heavy atom. The highest BCUT2D eigenvalue weighted by molar-refractivity contribution is 5.85. The number of hydrogen-bond acceptors (Lipinski definition) is 7. The standard InChI is InChI=1S/C27H34N2O7/c1-19(24(31)36-27(2,3)4)28-23(30)16-15-22(25(32)34-17-20-11-7-5-8-12-20)29-26(33)35-18-21-13-9-6-10-14-21/h5-14,19,22H,15-18H2,1-4H3,(H,28,30)(H,29,33)/t19-,22-/m1/s1. The van der Waals surface area contributed by atoms with Gasteiger partial charge in [0.25, 0.3) is 0 Å². The van der Waals surface area contributed by atoms with Gasteiger partial charge in [-0.05, 0) is 45.2 Å². The number of esters is 2. The number of carbonyl (C=O) groups is 4. The molecule has 2 N–H and O–H groups in total. The molecule has 0 bridgehead atoms. The molecule has 9 heteroatoms. The molecule has 0 aromatic heterocycles. The fraction of sp³-hybridized carbons (Fsp3) is 0.407. The first kappa shape index (κ1) is 28.4. The van der Waals surface area contributed by atoms with Gasteiger partial charge in [0.05, 0.1) is 0 Å². The second-order valence-corrected chi connectivity index (χ2v) is 9.21. The van der Waals surface area contributed by atoms with Gasteiger partial charge in [0.2, 0.25) is 5.91 Å². The summed E-state index contributed by atoms with van der Waals surface area (Å²) in [6, 6.07) is 16.2. The monoisotopic (exact) mass is 498 g/mol. The van der Waals surface area contributed by atoms with E-state index < -0.39 is 41.6 Å². The zero-order chi connectivity index (χ0) is 26.6. The number of nitrogens with one attached hydrogen (secondary N) is 2. The van der Waals surface area contributed by atoms with E-state index >= 15 is 0 Å². The van der Waals surface area contributed by atoms with Crippen LogP contribution in [-0.2, 0) is 41.8 Å². The van der Waals surface area contributed by atoms with Crippen LogP contribution in [0.1, 0.15) is 51.7 Å². The predicted molar refractivity (Wildman–Crippen MR) is 132 cm³/mol. The van der Waals surface area contributed by atoms with Crippen LogP contribution in [0.15, 0.2) is 60.7 Å². The predicted octanol–water partition coefficient (Wildman–Crippen LogP) is 3.65. The smallest absolute Gasteiger partial charge is 0.408 e. The van der Waals surface area contributed by atoms with E-state index in [0.29, 0.717) is 0 Å². The van der Waals surface area contributed by atoms with Crippen LogP contribution in [0, 0.1) is 0 Å². The number of rotatable bonds is 11. The quantitative estimate of drug-likeness (QED) is 0.358. The second kappa shape index (κ2) is 13.9. The minimum absolute atomic E-state index is 0.0127. The van der Waals surface area contributed by atoms with Crippen LogP contribution in [0.4, 0.5) is 4.79 Å². The molecular formula is C27H34N2O7. The van der Waals surface area contributed by atoms with Crippen LogP contribution in [0.25, 0.3) is 0 Å². The van der Waals surface area contributed by atoms with E-state index in [0.717, 1.165) is 11.1 Å². The molecule has 0 aliphatic carbocycles. The lowest BCUT2D eigenvalue weighted by Gasteiger charge is -2.23. The SMILES string of the molecule is C[C@@H](NC(=O)CC[C@@H](NC(=O)OCc1ccccc1)C(=O)OCc1ccccc1)C(=O)OC(C)(C)C. The van der Waals surface area contributed by atoms with Gasteiger partial charge in [-0.15, -0.1) is 0 Å². The van der Waals surface area contributed by atoms with Crippen molar-refractivity contribution in [2.75, 3.05) is 0 Å². The number of alkyl carbamates (subject to hydrolysis) is 1. The van der Waals surface area contributed by atoms with E-state index in [9.17, 15) is 19.2 Å². The summed E-state index contributed by atoms with van der Waals surface area (Å²) in [7, 11) is 0. The van der Waals surface area contributed by atoms with Crippen molar-refractivity contribution in [1.29, 1.82) is 0 Å². The molecule has 2 aromatic rings. The highest BCUT2D eigenvalue weighted by Gasteiger charge is 2.26. The summed E-state index contributed by atoms with van der Waals surface area (Å²) in [6.45, 7) is 6.73. The highest BCUT2D eigenvalue weighted by Crippen LogP contribution is 2.10. The second-order valence-electron chi connectivity index (χ2n) is 9.21. The molecule has 2 rings (SSSR count). The van der Waals surface area contributed by atoms with Crippen LogP contribution < -0.4 is 10.6 Å². The molecule has 0 saturated heterocycles. The molecule has 194 valence electrons. The molecule has 0 aliphatic heterocycles. The first-order valence-electron chi connectivity index (χ1n) is 11.7. The van der Waals surface area contributed by atoms with E-state index in [2.05, 4.69) is 10.6 Å². The van der Waals surface area contributed by atoms with Crippen molar-refractivity contribution in [2.45, 2.75) is 71.4 Å². The van der Waals surface area contributed by atoms with Crippen molar-refractivity contribution in [2.24, 2.45) is 0 Å². The molecule has 0 saturated carbocycles. The molecule has 0 aliphatic rings. The summed E-state index contributed by atoms with van der Waals surface area (Å²) in [5.41, 5.74) is 0.875. The third-order valence-electron chi connectivity index (χ3n) is 4.81. The maximum atomic E-state index is 12.7. The molecule has 9 nitrogen and oxygen atoms in total. The maximum absolute atomic E-state index is 12.7. The zero-order valence-corrected chi connectivity index (χ0v) is 21.1. The Labute approximate surface area is 211 Å². The van der Waals surface area contributed by atoms with Crippen LogP contribution in [-0.4, -0.2) is 41.6 Å². The Morgan fingerprint density at radius 3 is 1.83 bits per heavy atom. The average molecular weight is 499 g/mol. The third kappa shape index (κ3) is 11.0. The highest BCUT2D eigenvalue weighted by atomic mass is 16.6. The van der Waals surface area contributed by atoms with Crippen molar-refractivity contribution in [3.05, 3.63) is 71.8 Å². The molecule has 0 radical (unpaired) electrons. The topological polar surface area (TPSA) is 120 Å². The van der Waals surface area contributed by atoms with E-state index in [-0.39, 0.29) is 26.1 Å². The summed E-state index contributed by atoms with van der Waals surface area (Å²) < 4.78 is 15.8. The Kier molecular flexibility index (Phi) is 10.9. The van der Waals surface area contributed by atoms with Crippen LogP contribution in [0.5, 0.6) is 0 Å². The molecular weight excluding hydrogens is 464 g/mol. The van der Waals surface area contributed by atoms with Gasteiger partial charge in [-0.1, -0.05) is 60.7 Å². The van der Waals surface area contributed by atoms with E-state index in [4.69, 9.17) is 14.2 Å². The number of hydrogen-bond donors (Lipinski definition) is 2. The summed E-state index contributed by atoms with van der Waals surface area (Å²) >= 11 is 0. The maximum Gasteiger partial charge on any atom is 0.408 e. The molecule has 0 fully saturated rings. The zero-order valence-electron chi connectivity index (χ0n) is 21.1. The summed E-state index contributed by atoms with van der Waals surface area (Å²) in [4.78, 5) is 49.6. The van der Waals surface area contributed by atoms with Gasteiger partial charge in [0, 0.05) is 6.42 Å². The van der Waals surface area contributed by atoms with Gasteiger partial charge in [-0.3, -0.25) is 4.79 Å². The summed E-state index contributed by atoms with van der Waals surface area (Å²) in [6.07, 6.45) is -1.01. The van der Waals surface area contributed by atoms with Crippen LogP contribution in [0.2, 0.25) is 0 Å². The minimum atomic E-state index is -1.13. The minimum Gasteiger partial charge on any atom is -0.459 e. The normalized spacial score (nSPS) is 12.6. The Balaban J connectivity index is 1.94. The van der Waals surface area contributed by atoms with Crippen molar-refractivity contribution >= 4 is 23.9 Å². The van der Waals surface area contributed by atoms with E-state index in [1.165, 1.54) is 6.92 Å². The van der Waals surface area contributed by atoms with Crippen molar-refractivity contribution < 1.29 is 33.4 Å². The molecule has 2 amide bonds. The Hall–Kier alpha value is -3.88. The number of carbonyl (C=O) groups excluding carboxylic acids is 4. The fourth-order valence-corrected chi connectivity index (χ4v) is 3.02. The van der Waals surface area contributed by atoms with E-state index in [1.54, 1.807) is 45.0 Å². The van der Waals surface area contributed by atoms with Gasteiger partial charge in [0.15, 0.2) is 0 Å². The first-order chi connectivity index (χ1) is 17.0. The fourth-order valence-electron chi connectivity index (χ4n) is 3.02. The molecule has 0 unspecified atom stereocenters. The third-order valence-corrected chi connectivity index (χ3v) is 4.81. The van der Waals surface area contributed by atoms with Crippen molar-refractivity contribution in [1.82, 2.24) is 10.6 Å². The number of benzene rings is 2.